The van der Waals surface area contributed by atoms with Crippen molar-refractivity contribution in [3.05, 3.63) is 65.1 Å². The second-order valence-electron chi connectivity index (χ2n) is 9.96. The lowest BCUT2D eigenvalue weighted by molar-refractivity contribution is -0.124. The van der Waals surface area contributed by atoms with Gasteiger partial charge in [-0.2, -0.15) is 0 Å². The van der Waals surface area contributed by atoms with Crippen LogP contribution in [0.2, 0.25) is 0 Å². The predicted octanol–water partition coefficient (Wildman–Crippen LogP) is 3.33. The standard InChI is InChI=1S/C28H33FN4O4/c1-17-14-33(18(2)13-32(17)15-19-7-9-20(29)10-8-19)27(35)22-11-21-23(26(34)28(36)30(3)4)16-31(5)24(21)12-25(22)37-6/h7-12,16-18H,13-15H2,1-6H3/t17-,18+/m0/s1. The third kappa shape index (κ3) is 5.09. The smallest absolute Gasteiger partial charge is 0.294 e. The number of nitrogens with zero attached hydrogens (tertiary/aromatic N) is 4. The van der Waals surface area contributed by atoms with Gasteiger partial charge in [0.05, 0.1) is 23.8 Å². The van der Waals surface area contributed by atoms with Gasteiger partial charge < -0.3 is 19.1 Å². The number of fused-ring (bicyclic) bond motifs is 1. The molecule has 1 fully saturated rings. The number of hydrogen-bond donors (Lipinski definition) is 0. The van der Waals surface area contributed by atoms with Gasteiger partial charge >= 0.3 is 0 Å². The fraction of sp³-hybridized carbons (Fsp3) is 0.393. The van der Waals surface area contributed by atoms with Crippen LogP contribution in [-0.2, 0) is 18.4 Å². The Morgan fingerprint density at radius 1 is 1.03 bits per heavy atom. The maximum Gasteiger partial charge on any atom is 0.294 e. The van der Waals surface area contributed by atoms with Crippen molar-refractivity contribution in [1.82, 2.24) is 19.3 Å². The Hall–Kier alpha value is -3.72. The molecule has 2 amide bonds. The van der Waals surface area contributed by atoms with E-state index in [1.807, 2.05) is 11.8 Å². The minimum atomic E-state index is -0.629. The van der Waals surface area contributed by atoms with Gasteiger partial charge in [-0.05, 0) is 37.6 Å². The topological polar surface area (TPSA) is 75.1 Å². The van der Waals surface area contributed by atoms with Gasteiger partial charge in [0.2, 0.25) is 0 Å². The molecule has 9 heteroatoms. The normalized spacial score (nSPS) is 18.2. The molecule has 1 aromatic heterocycles. The number of rotatable bonds is 6. The zero-order chi connectivity index (χ0) is 27.0. The first-order chi connectivity index (χ1) is 17.5. The molecule has 1 saturated heterocycles. The van der Waals surface area contributed by atoms with Crippen LogP contribution in [0.25, 0.3) is 10.9 Å². The molecular formula is C28H33FN4O4. The quantitative estimate of drug-likeness (QED) is 0.377. The van der Waals surface area contributed by atoms with Crippen molar-refractivity contribution < 1.29 is 23.5 Å². The molecule has 0 bridgehead atoms. The van der Waals surface area contributed by atoms with Crippen LogP contribution < -0.4 is 4.74 Å². The third-order valence-corrected chi connectivity index (χ3v) is 7.06. The van der Waals surface area contributed by atoms with Gasteiger partial charge in [-0.1, -0.05) is 12.1 Å². The molecule has 0 radical (unpaired) electrons. The number of benzene rings is 2. The van der Waals surface area contributed by atoms with Crippen LogP contribution in [-0.4, -0.2) is 83.2 Å². The van der Waals surface area contributed by atoms with Crippen LogP contribution in [0.1, 0.15) is 40.1 Å². The van der Waals surface area contributed by atoms with E-state index in [2.05, 4.69) is 11.8 Å². The molecule has 0 aliphatic carbocycles. The molecule has 2 aromatic carbocycles. The molecule has 0 unspecified atom stereocenters. The number of Topliss-reactive ketones (excluding diaryl/α,β-unsaturated/α-hetero) is 1. The van der Waals surface area contributed by atoms with E-state index in [0.717, 1.165) is 5.56 Å². The summed E-state index contributed by atoms with van der Waals surface area (Å²) in [5, 5.41) is 0.530. The number of hydrogen-bond acceptors (Lipinski definition) is 5. The summed E-state index contributed by atoms with van der Waals surface area (Å²) in [5.41, 5.74) is 2.30. The van der Waals surface area contributed by atoms with Gasteiger partial charge in [0.25, 0.3) is 17.6 Å². The van der Waals surface area contributed by atoms with Crippen molar-refractivity contribution in [3.63, 3.8) is 0 Å². The lowest BCUT2D eigenvalue weighted by atomic mass is 10.0. The Morgan fingerprint density at radius 2 is 1.70 bits per heavy atom. The van der Waals surface area contributed by atoms with E-state index in [1.54, 1.807) is 42.1 Å². The lowest BCUT2D eigenvalue weighted by Crippen LogP contribution is -2.57. The fourth-order valence-corrected chi connectivity index (χ4v) is 4.93. The van der Waals surface area contributed by atoms with E-state index in [1.165, 1.54) is 38.2 Å². The number of ether oxygens (including phenoxy) is 1. The molecule has 2 heterocycles. The summed E-state index contributed by atoms with van der Waals surface area (Å²) in [7, 11) is 6.35. The van der Waals surface area contributed by atoms with E-state index < -0.39 is 11.7 Å². The summed E-state index contributed by atoms with van der Waals surface area (Å²) in [4.78, 5) is 44.5. The molecule has 8 nitrogen and oxygen atoms in total. The SMILES string of the molecule is COc1cc2c(cc1C(=O)N1C[C@H](C)N(Cc3ccc(F)cc3)C[C@H]1C)c(C(=O)C(=O)N(C)C)cn2C. The van der Waals surface area contributed by atoms with Gasteiger partial charge in [-0.25, -0.2) is 4.39 Å². The highest BCUT2D eigenvalue weighted by Crippen LogP contribution is 2.32. The zero-order valence-corrected chi connectivity index (χ0v) is 22.1. The minimum absolute atomic E-state index is 0.0755. The molecular weight excluding hydrogens is 475 g/mol. The first kappa shape index (κ1) is 26.3. The molecule has 2 atom stereocenters. The van der Waals surface area contributed by atoms with Crippen molar-refractivity contribution >= 4 is 28.5 Å². The maximum atomic E-state index is 13.8. The molecule has 4 rings (SSSR count). The van der Waals surface area contributed by atoms with Crippen LogP contribution in [0.3, 0.4) is 0 Å². The number of halogens is 1. The van der Waals surface area contributed by atoms with Crippen molar-refractivity contribution in [1.29, 1.82) is 0 Å². The molecule has 1 aliphatic heterocycles. The Labute approximate surface area is 216 Å². The van der Waals surface area contributed by atoms with Gasteiger partial charge in [-0.15, -0.1) is 0 Å². The van der Waals surface area contributed by atoms with Gasteiger partial charge in [0, 0.05) is 70.5 Å². The largest absolute Gasteiger partial charge is 0.496 e. The van der Waals surface area contributed by atoms with Crippen molar-refractivity contribution in [2.75, 3.05) is 34.3 Å². The number of aryl methyl sites for hydroxylation is 1. The van der Waals surface area contributed by atoms with Crippen molar-refractivity contribution in [3.8, 4) is 5.75 Å². The number of carbonyl (C=O) groups excluding carboxylic acids is 3. The predicted molar refractivity (Wildman–Crippen MR) is 139 cm³/mol. The van der Waals surface area contributed by atoms with Crippen LogP contribution in [0, 0.1) is 5.82 Å². The van der Waals surface area contributed by atoms with E-state index >= 15 is 0 Å². The average Bonchev–Trinajstić information content (AvgIpc) is 3.20. The highest BCUT2D eigenvalue weighted by Gasteiger charge is 2.34. The molecule has 0 N–H and O–H groups in total. The second-order valence-corrected chi connectivity index (χ2v) is 9.96. The zero-order valence-electron chi connectivity index (χ0n) is 22.1. The van der Waals surface area contributed by atoms with Gasteiger partial charge in [0.15, 0.2) is 0 Å². The number of amides is 2. The Bertz CT molecular complexity index is 1350. The minimum Gasteiger partial charge on any atom is -0.496 e. The molecule has 3 aromatic rings. The summed E-state index contributed by atoms with van der Waals surface area (Å²) in [6.07, 6.45) is 1.61. The number of methoxy groups -OCH3 is 1. The number of aromatic nitrogens is 1. The number of ketones is 1. The van der Waals surface area contributed by atoms with Crippen molar-refractivity contribution in [2.45, 2.75) is 32.5 Å². The first-order valence-corrected chi connectivity index (χ1v) is 12.2. The van der Waals surface area contributed by atoms with E-state index in [0.29, 0.717) is 41.9 Å². The fourth-order valence-electron chi connectivity index (χ4n) is 4.93. The summed E-state index contributed by atoms with van der Waals surface area (Å²) in [5.74, 6) is -1.31. The highest BCUT2D eigenvalue weighted by molar-refractivity contribution is 6.44. The first-order valence-electron chi connectivity index (χ1n) is 12.2. The van der Waals surface area contributed by atoms with E-state index in [9.17, 15) is 18.8 Å². The van der Waals surface area contributed by atoms with Crippen molar-refractivity contribution in [2.24, 2.45) is 7.05 Å². The van der Waals surface area contributed by atoms with Gasteiger partial charge in [-0.3, -0.25) is 19.3 Å². The summed E-state index contributed by atoms with van der Waals surface area (Å²) >= 11 is 0. The molecule has 0 spiro atoms. The average molecular weight is 509 g/mol. The number of likely N-dealkylation sites (N-methyl/N-ethyl adjacent to an activating group) is 1. The summed E-state index contributed by atoms with van der Waals surface area (Å²) in [6, 6.07) is 9.87. The molecule has 196 valence electrons. The summed E-state index contributed by atoms with van der Waals surface area (Å²) < 4.78 is 20.6. The van der Waals surface area contributed by atoms with Crippen LogP contribution in [0.4, 0.5) is 4.39 Å². The van der Waals surface area contributed by atoms with Crippen LogP contribution >= 0.6 is 0 Å². The Balaban J connectivity index is 1.63. The third-order valence-electron chi connectivity index (χ3n) is 7.06. The van der Waals surface area contributed by atoms with Crippen LogP contribution in [0.15, 0.2) is 42.6 Å². The number of piperazine rings is 1. The second kappa shape index (κ2) is 10.3. The highest BCUT2D eigenvalue weighted by atomic mass is 19.1. The van der Waals surface area contributed by atoms with Gasteiger partial charge in [0.1, 0.15) is 11.6 Å². The maximum absolute atomic E-state index is 13.8. The summed E-state index contributed by atoms with van der Waals surface area (Å²) in [6.45, 7) is 5.89. The van der Waals surface area contributed by atoms with E-state index in [-0.39, 0.29) is 29.4 Å². The number of carbonyl (C=O) groups is 3. The van der Waals surface area contributed by atoms with E-state index in [4.69, 9.17) is 4.74 Å². The molecule has 1 aliphatic rings. The Kier molecular flexibility index (Phi) is 7.36. The molecule has 0 saturated carbocycles. The monoisotopic (exact) mass is 508 g/mol. The van der Waals surface area contributed by atoms with Crippen LogP contribution in [0.5, 0.6) is 5.75 Å². The molecule has 37 heavy (non-hydrogen) atoms. The Morgan fingerprint density at radius 3 is 2.32 bits per heavy atom. The lowest BCUT2D eigenvalue weighted by Gasteiger charge is -2.44.